The van der Waals surface area contributed by atoms with Crippen molar-refractivity contribution in [2.24, 2.45) is 5.73 Å². The molecule has 21 heavy (non-hydrogen) atoms. The Labute approximate surface area is 126 Å². The fraction of sp³-hybridized carbons (Fsp3) is 0.0667. The molecule has 2 rings (SSSR count). The van der Waals surface area contributed by atoms with Crippen molar-refractivity contribution in [3.05, 3.63) is 58.9 Å². The van der Waals surface area contributed by atoms with E-state index in [1.165, 1.54) is 12.1 Å². The smallest absolute Gasteiger partial charge is 0.262 e. The highest BCUT2D eigenvalue weighted by Gasteiger charge is 2.18. The van der Waals surface area contributed by atoms with Crippen molar-refractivity contribution < 1.29 is 14.3 Å². The molecule has 0 heterocycles. The fourth-order valence-corrected chi connectivity index (χ4v) is 2.29. The molecular formula is C15H13FN2O2S. The van der Waals surface area contributed by atoms with Crippen LogP contribution in [0.15, 0.2) is 36.4 Å². The summed E-state index contributed by atoms with van der Waals surface area (Å²) in [4.78, 5) is 12.3. The Morgan fingerprint density at radius 3 is 2.52 bits per heavy atom. The van der Waals surface area contributed by atoms with Gasteiger partial charge in [-0.15, -0.1) is 0 Å². The van der Waals surface area contributed by atoms with Crippen LogP contribution in [0.4, 0.5) is 10.1 Å². The Bertz CT molecular complexity index is 711. The molecule has 4 nitrogen and oxygen atoms in total. The summed E-state index contributed by atoms with van der Waals surface area (Å²) in [5.41, 5.74) is 6.89. The van der Waals surface area contributed by atoms with Gasteiger partial charge < -0.3 is 16.2 Å². The first kappa shape index (κ1) is 14.9. The summed E-state index contributed by atoms with van der Waals surface area (Å²) < 4.78 is 13.7. The van der Waals surface area contributed by atoms with E-state index in [1.807, 2.05) is 0 Å². The molecule has 0 aliphatic rings. The van der Waals surface area contributed by atoms with Crippen LogP contribution < -0.4 is 11.1 Å². The molecule has 0 spiro atoms. The summed E-state index contributed by atoms with van der Waals surface area (Å²) in [5, 5.41) is 12.1. The molecule has 1 amide bonds. The summed E-state index contributed by atoms with van der Waals surface area (Å²) in [6.07, 6.45) is 0. The Balaban J connectivity index is 2.42. The molecule has 0 fully saturated rings. The minimum absolute atomic E-state index is 0.126. The average molecular weight is 304 g/mol. The number of aromatic hydroxyl groups is 1. The zero-order valence-electron chi connectivity index (χ0n) is 11.2. The summed E-state index contributed by atoms with van der Waals surface area (Å²) in [7, 11) is 0. The molecule has 0 saturated heterocycles. The van der Waals surface area contributed by atoms with Gasteiger partial charge in [0.25, 0.3) is 5.91 Å². The number of thiocarbonyl (C=S) groups is 1. The highest BCUT2D eigenvalue weighted by atomic mass is 32.1. The quantitative estimate of drug-likeness (QED) is 0.762. The lowest BCUT2D eigenvalue weighted by Gasteiger charge is -2.13. The number of carbonyl (C=O) groups is 1. The van der Waals surface area contributed by atoms with Gasteiger partial charge in [-0.1, -0.05) is 30.4 Å². The lowest BCUT2D eigenvalue weighted by Crippen LogP contribution is -2.19. The van der Waals surface area contributed by atoms with Gasteiger partial charge in [0, 0.05) is 5.56 Å². The number of phenols is 1. The van der Waals surface area contributed by atoms with E-state index in [4.69, 9.17) is 18.0 Å². The minimum Gasteiger partial charge on any atom is -0.507 e. The molecule has 4 N–H and O–H groups in total. The second kappa shape index (κ2) is 5.88. The molecular weight excluding hydrogens is 291 g/mol. The SMILES string of the molecule is Cc1cccc(NC(=O)c2c(O)cccc2F)c1C(N)=S. The number of benzene rings is 2. The van der Waals surface area contributed by atoms with Crippen LogP contribution in [0, 0.1) is 12.7 Å². The summed E-state index contributed by atoms with van der Waals surface area (Å²) >= 11 is 4.96. The molecule has 0 atom stereocenters. The third-order valence-corrected chi connectivity index (χ3v) is 3.19. The number of anilines is 1. The van der Waals surface area contributed by atoms with Crippen molar-refractivity contribution in [1.29, 1.82) is 0 Å². The first-order valence-corrected chi connectivity index (χ1v) is 6.51. The van der Waals surface area contributed by atoms with Crippen LogP contribution in [-0.4, -0.2) is 16.0 Å². The molecule has 108 valence electrons. The van der Waals surface area contributed by atoms with Crippen LogP contribution in [-0.2, 0) is 0 Å². The Hall–Kier alpha value is -2.47. The molecule has 0 aliphatic heterocycles. The van der Waals surface area contributed by atoms with Gasteiger partial charge in [0.2, 0.25) is 0 Å². The summed E-state index contributed by atoms with van der Waals surface area (Å²) in [6, 6.07) is 8.77. The van der Waals surface area contributed by atoms with Gasteiger partial charge in [0.15, 0.2) is 0 Å². The predicted molar refractivity (Wildman–Crippen MR) is 83.1 cm³/mol. The average Bonchev–Trinajstić information content (AvgIpc) is 2.37. The Morgan fingerprint density at radius 1 is 1.24 bits per heavy atom. The number of halogens is 1. The minimum atomic E-state index is -0.808. The van der Waals surface area contributed by atoms with E-state index < -0.39 is 23.0 Å². The number of phenolic OH excluding ortho intramolecular Hbond substituents is 1. The zero-order chi connectivity index (χ0) is 15.6. The van der Waals surface area contributed by atoms with Crippen molar-refractivity contribution in [3.63, 3.8) is 0 Å². The Kier molecular flexibility index (Phi) is 4.18. The highest BCUT2D eigenvalue weighted by Crippen LogP contribution is 2.24. The first-order valence-electron chi connectivity index (χ1n) is 6.10. The van der Waals surface area contributed by atoms with Gasteiger partial charge in [-0.25, -0.2) is 4.39 Å². The molecule has 0 aliphatic carbocycles. The lowest BCUT2D eigenvalue weighted by atomic mass is 10.1. The number of amides is 1. The second-order valence-electron chi connectivity index (χ2n) is 4.45. The molecule has 6 heteroatoms. The van der Waals surface area contributed by atoms with E-state index in [9.17, 15) is 14.3 Å². The number of carbonyl (C=O) groups excluding carboxylic acids is 1. The topological polar surface area (TPSA) is 75.3 Å². The fourth-order valence-electron chi connectivity index (χ4n) is 2.02. The van der Waals surface area contributed by atoms with Gasteiger partial charge in [-0.2, -0.15) is 0 Å². The molecule has 0 bridgehead atoms. The Morgan fingerprint density at radius 2 is 1.90 bits per heavy atom. The number of hydrogen-bond acceptors (Lipinski definition) is 3. The van der Waals surface area contributed by atoms with Gasteiger partial charge in [-0.05, 0) is 30.7 Å². The third kappa shape index (κ3) is 3.00. The lowest BCUT2D eigenvalue weighted by molar-refractivity contribution is 0.102. The van der Waals surface area contributed by atoms with Crippen LogP contribution in [0.1, 0.15) is 21.5 Å². The van der Waals surface area contributed by atoms with Crippen LogP contribution in [0.3, 0.4) is 0 Å². The van der Waals surface area contributed by atoms with E-state index in [1.54, 1.807) is 25.1 Å². The zero-order valence-corrected chi connectivity index (χ0v) is 12.0. The number of nitrogens with two attached hydrogens (primary N) is 1. The molecule has 2 aromatic carbocycles. The second-order valence-corrected chi connectivity index (χ2v) is 4.89. The van der Waals surface area contributed by atoms with E-state index in [0.717, 1.165) is 11.6 Å². The van der Waals surface area contributed by atoms with E-state index in [2.05, 4.69) is 5.32 Å². The highest BCUT2D eigenvalue weighted by molar-refractivity contribution is 7.80. The van der Waals surface area contributed by atoms with Crippen LogP contribution in [0.2, 0.25) is 0 Å². The number of aryl methyl sites for hydroxylation is 1. The number of rotatable bonds is 3. The maximum Gasteiger partial charge on any atom is 0.262 e. The van der Waals surface area contributed by atoms with Gasteiger partial charge >= 0.3 is 0 Å². The summed E-state index contributed by atoms with van der Waals surface area (Å²) in [5.74, 6) is -2.01. The third-order valence-electron chi connectivity index (χ3n) is 2.99. The van der Waals surface area contributed by atoms with Gasteiger partial charge in [0.05, 0.1) is 5.69 Å². The van der Waals surface area contributed by atoms with Crippen molar-refractivity contribution >= 4 is 28.8 Å². The van der Waals surface area contributed by atoms with Crippen molar-refractivity contribution in [2.45, 2.75) is 6.92 Å². The molecule has 0 saturated carbocycles. The summed E-state index contributed by atoms with van der Waals surface area (Å²) in [6.45, 7) is 1.80. The molecule has 2 aromatic rings. The van der Waals surface area contributed by atoms with Crippen LogP contribution in [0.5, 0.6) is 5.75 Å². The maximum atomic E-state index is 13.7. The number of nitrogens with one attached hydrogen (secondary N) is 1. The first-order chi connectivity index (χ1) is 9.91. The normalized spacial score (nSPS) is 10.2. The van der Waals surface area contributed by atoms with Crippen molar-refractivity contribution in [2.75, 3.05) is 5.32 Å². The van der Waals surface area contributed by atoms with Gasteiger partial charge in [-0.3, -0.25) is 4.79 Å². The predicted octanol–water partition coefficient (Wildman–Crippen LogP) is 2.73. The van der Waals surface area contributed by atoms with Crippen LogP contribution in [0.25, 0.3) is 0 Å². The van der Waals surface area contributed by atoms with E-state index in [0.29, 0.717) is 11.3 Å². The maximum absolute atomic E-state index is 13.7. The molecule has 0 radical (unpaired) electrons. The van der Waals surface area contributed by atoms with Crippen LogP contribution >= 0.6 is 12.2 Å². The van der Waals surface area contributed by atoms with Crippen molar-refractivity contribution in [1.82, 2.24) is 0 Å². The molecule has 0 unspecified atom stereocenters. The molecule has 0 aromatic heterocycles. The van der Waals surface area contributed by atoms with E-state index >= 15 is 0 Å². The monoisotopic (exact) mass is 304 g/mol. The van der Waals surface area contributed by atoms with E-state index in [-0.39, 0.29) is 4.99 Å². The standard InChI is InChI=1S/C15H13FN2O2S/c1-8-4-2-6-10(12(8)14(17)21)18-15(20)13-9(16)5-3-7-11(13)19/h2-7,19H,1H3,(H2,17,21)(H,18,20). The van der Waals surface area contributed by atoms with Gasteiger partial charge in [0.1, 0.15) is 22.1 Å². The number of hydrogen-bond donors (Lipinski definition) is 3. The largest absolute Gasteiger partial charge is 0.507 e. The van der Waals surface area contributed by atoms with Crippen molar-refractivity contribution in [3.8, 4) is 5.75 Å².